The van der Waals surface area contributed by atoms with E-state index in [1.165, 1.54) is 12.0 Å². The Kier molecular flexibility index (Phi) is 5.65. The van der Waals surface area contributed by atoms with Gasteiger partial charge < -0.3 is 15.0 Å². The molecule has 2 heterocycles. The van der Waals surface area contributed by atoms with Crippen molar-refractivity contribution >= 4 is 27.9 Å². The number of hydrogen-bond acceptors (Lipinski definition) is 4. The summed E-state index contributed by atoms with van der Waals surface area (Å²) in [6.07, 6.45) is 1.85. The van der Waals surface area contributed by atoms with Crippen molar-refractivity contribution in [3.05, 3.63) is 82.1 Å². The Labute approximate surface area is 188 Å². The number of nitrogens with one attached hydrogen (secondary N) is 1. The lowest BCUT2D eigenvalue weighted by Gasteiger charge is -2.32. The van der Waals surface area contributed by atoms with Crippen LogP contribution in [0.3, 0.4) is 0 Å². The van der Waals surface area contributed by atoms with Crippen LogP contribution >= 0.6 is 15.9 Å². The highest BCUT2D eigenvalue weighted by molar-refractivity contribution is 9.10. The average molecular weight is 481 g/mol. The lowest BCUT2D eigenvalue weighted by atomic mass is 9.93. The summed E-state index contributed by atoms with van der Waals surface area (Å²) in [6.45, 7) is 1.74. The molecule has 1 N–H and O–H groups in total. The van der Waals surface area contributed by atoms with E-state index >= 15 is 0 Å². The molecule has 2 amide bonds. The van der Waals surface area contributed by atoms with Crippen molar-refractivity contribution in [1.29, 1.82) is 0 Å². The first-order valence-electron chi connectivity index (χ1n) is 9.65. The van der Waals surface area contributed by atoms with Gasteiger partial charge in [-0.1, -0.05) is 46.3 Å². The zero-order valence-electron chi connectivity index (χ0n) is 17.3. The molecular formula is C23H21BrN4O3. The van der Waals surface area contributed by atoms with Gasteiger partial charge in [0.2, 0.25) is 0 Å². The van der Waals surface area contributed by atoms with Crippen LogP contribution < -0.4 is 5.32 Å². The van der Waals surface area contributed by atoms with Crippen LogP contribution in [0.2, 0.25) is 0 Å². The van der Waals surface area contributed by atoms with Crippen LogP contribution in [0.4, 0.5) is 4.79 Å². The van der Waals surface area contributed by atoms with Gasteiger partial charge in [-0.2, -0.15) is 5.10 Å². The second-order valence-corrected chi connectivity index (χ2v) is 8.07. The first kappa shape index (κ1) is 20.9. The molecule has 0 radical (unpaired) electrons. The predicted octanol–water partition coefficient (Wildman–Crippen LogP) is 4.44. The fourth-order valence-electron chi connectivity index (χ4n) is 3.59. The number of rotatable bonds is 4. The number of methoxy groups -OCH3 is 1. The van der Waals surface area contributed by atoms with Crippen LogP contribution in [0.1, 0.15) is 18.5 Å². The minimum absolute atomic E-state index is 0.302. The number of amides is 2. The molecule has 0 spiro atoms. The fourth-order valence-corrected chi connectivity index (χ4v) is 3.85. The van der Waals surface area contributed by atoms with Crippen molar-refractivity contribution in [2.45, 2.75) is 13.0 Å². The summed E-state index contributed by atoms with van der Waals surface area (Å²) < 4.78 is 7.73. The summed E-state index contributed by atoms with van der Waals surface area (Å²) in [5, 5.41) is 7.74. The van der Waals surface area contributed by atoms with Gasteiger partial charge >= 0.3 is 12.0 Å². The van der Waals surface area contributed by atoms with E-state index in [2.05, 4.69) is 21.2 Å². The van der Waals surface area contributed by atoms with Crippen molar-refractivity contribution < 1.29 is 14.3 Å². The van der Waals surface area contributed by atoms with E-state index in [4.69, 9.17) is 9.84 Å². The van der Waals surface area contributed by atoms with Gasteiger partial charge in [0.05, 0.1) is 30.1 Å². The molecule has 31 heavy (non-hydrogen) atoms. The molecule has 2 aromatic carbocycles. The fraction of sp³-hybridized carbons (Fsp3) is 0.174. The number of nitrogens with zero attached hydrogens (tertiary/aromatic N) is 3. The number of para-hydroxylation sites is 1. The number of aromatic nitrogens is 2. The summed E-state index contributed by atoms with van der Waals surface area (Å²) in [6, 6.07) is 16.4. The van der Waals surface area contributed by atoms with E-state index in [1.807, 2.05) is 60.8 Å². The molecule has 7 nitrogen and oxygen atoms in total. The van der Waals surface area contributed by atoms with Crippen molar-refractivity contribution in [3.8, 4) is 16.9 Å². The number of benzene rings is 2. The minimum Gasteiger partial charge on any atom is -0.466 e. The number of carbonyl (C=O) groups is 2. The molecule has 1 aliphatic heterocycles. The van der Waals surface area contributed by atoms with Gasteiger partial charge in [-0.05, 0) is 31.2 Å². The Bertz CT molecular complexity index is 1170. The van der Waals surface area contributed by atoms with E-state index in [-0.39, 0.29) is 6.03 Å². The Balaban J connectivity index is 1.93. The molecule has 3 aromatic rings. The van der Waals surface area contributed by atoms with E-state index in [9.17, 15) is 9.59 Å². The monoisotopic (exact) mass is 480 g/mol. The van der Waals surface area contributed by atoms with Gasteiger partial charge in [0, 0.05) is 34.5 Å². The maximum atomic E-state index is 12.7. The molecule has 0 bridgehead atoms. The lowest BCUT2D eigenvalue weighted by molar-refractivity contribution is -0.136. The van der Waals surface area contributed by atoms with Gasteiger partial charge in [-0.15, -0.1) is 0 Å². The van der Waals surface area contributed by atoms with Crippen LogP contribution in [0.5, 0.6) is 0 Å². The molecule has 158 valence electrons. The van der Waals surface area contributed by atoms with Crippen molar-refractivity contribution in [2.75, 3.05) is 14.2 Å². The summed E-state index contributed by atoms with van der Waals surface area (Å²) in [5.41, 5.74) is 4.01. The largest absolute Gasteiger partial charge is 0.466 e. The quantitative estimate of drug-likeness (QED) is 0.559. The second-order valence-electron chi connectivity index (χ2n) is 7.15. The molecule has 0 aliphatic carbocycles. The predicted molar refractivity (Wildman–Crippen MR) is 120 cm³/mol. The third-order valence-electron chi connectivity index (χ3n) is 5.35. The van der Waals surface area contributed by atoms with Gasteiger partial charge in [0.25, 0.3) is 0 Å². The van der Waals surface area contributed by atoms with Crippen molar-refractivity contribution in [2.24, 2.45) is 0 Å². The van der Waals surface area contributed by atoms with Crippen LogP contribution in [-0.4, -0.2) is 40.8 Å². The van der Waals surface area contributed by atoms with Gasteiger partial charge in [0.1, 0.15) is 0 Å². The highest BCUT2D eigenvalue weighted by Gasteiger charge is 2.37. The number of ether oxygens (including phenoxy) is 1. The molecule has 0 saturated heterocycles. The topological polar surface area (TPSA) is 76.5 Å². The van der Waals surface area contributed by atoms with Gasteiger partial charge in [-0.3, -0.25) is 0 Å². The van der Waals surface area contributed by atoms with Crippen molar-refractivity contribution in [1.82, 2.24) is 20.0 Å². The number of carbonyl (C=O) groups excluding carboxylic acids is 2. The third-order valence-corrected chi connectivity index (χ3v) is 5.88. The van der Waals surface area contributed by atoms with E-state index in [0.29, 0.717) is 22.5 Å². The van der Waals surface area contributed by atoms with E-state index in [1.54, 1.807) is 18.7 Å². The number of halogens is 1. The summed E-state index contributed by atoms with van der Waals surface area (Å²) in [5.74, 6) is -0.497. The maximum Gasteiger partial charge on any atom is 0.337 e. The number of hydrogen-bond donors (Lipinski definition) is 1. The molecule has 0 saturated carbocycles. The molecule has 4 rings (SSSR count). The second kappa shape index (κ2) is 8.39. The molecule has 8 heteroatoms. The first-order valence-corrected chi connectivity index (χ1v) is 10.4. The molecule has 0 fully saturated rings. The first-order chi connectivity index (χ1) is 14.9. The Morgan fingerprint density at radius 1 is 1.13 bits per heavy atom. The summed E-state index contributed by atoms with van der Waals surface area (Å²) in [4.78, 5) is 26.7. The van der Waals surface area contributed by atoms with Crippen LogP contribution in [0.15, 0.2) is 76.5 Å². The van der Waals surface area contributed by atoms with E-state index in [0.717, 1.165) is 15.7 Å². The summed E-state index contributed by atoms with van der Waals surface area (Å²) >= 11 is 3.46. The van der Waals surface area contributed by atoms with Gasteiger partial charge in [-0.25, -0.2) is 14.3 Å². The van der Waals surface area contributed by atoms with Crippen LogP contribution in [0, 0.1) is 0 Å². The number of allylic oxidation sites excluding steroid dienone is 1. The zero-order valence-corrected chi connectivity index (χ0v) is 18.9. The van der Waals surface area contributed by atoms with Crippen LogP contribution in [-0.2, 0) is 9.53 Å². The number of esters is 1. The Hall–Kier alpha value is -3.39. The highest BCUT2D eigenvalue weighted by Crippen LogP contribution is 2.36. The standard InChI is InChI=1S/C23H21BrN4O3/c1-14-19(22(29)31-3)21(25-23(30)27(14)2)18-13-28(17-7-5-4-6-8-17)26-20(18)15-9-11-16(24)12-10-15/h4-13,21H,1-3H3,(H,25,30). The Morgan fingerprint density at radius 3 is 2.45 bits per heavy atom. The minimum atomic E-state index is -0.702. The lowest BCUT2D eigenvalue weighted by Crippen LogP contribution is -2.46. The summed E-state index contributed by atoms with van der Waals surface area (Å²) in [7, 11) is 2.95. The molecule has 1 atom stereocenters. The normalized spacial score (nSPS) is 16.3. The molecule has 1 aromatic heterocycles. The molecule has 1 unspecified atom stereocenters. The third kappa shape index (κ3) is 3.86. The Morgan fingerprint density at radius 2 is 1.81 bits per heavy atom. The van der Waals surface area contributed by atoms with Gasteiger partial charge in [0.15, 0.2) is 0 Å². The molecular weight excluding hydrogens is 460 g/mol. The average Bonchev–Trinajstić information content (AvgIpc) is 3.23. The van der Waals surface area contributed by atoms with E-state index < -0.39 is 12.0 Å². The van der Waals surface area contributed by atoms with Crippen molar-refractivity contribution in [3.63, 3.8) is 0 Å². The maximum absolute atomic E-state index is 12.7. The molecule has 1 aliphatic rings. The van der Waals surface area contributed by atoms with Crippen LogP contribution in [0.25, 0.3) is 16.9 Å². The number of urea groups is 1. The zero-order chi connectivity index (χ0) is 22.1. The SMILES string of the molecule is COC(=O)C1=C(C)N(C)C(=O)NC1c1cn(-c2ccccc2)nc1-c1ccc(Br)cc1. The highest BCUT2D eigenvalue weighted by atomic mass is 79.9. The smallest absolute Gasteiger partial charge is 0.337 e.